The van der Waals surface area contributed by atoms with E-state index in [1.807, 2.05) is 13.8 Å². The Kier molecular flexibility index (Phi) is 4.71. The van der Waals surface area contributed by atoms with Crippen molar-refractivity contribution in [1.29, 1.82) is 0 Å². The van der Waals surface area contributed by atoms with E-state index >= 15 is 0 Å². The molecule has 62 valence electrons. The van der Waals surface area contributed by atoms with Gasteiger partial charge in [0, 0.05) is 6.42 Å². The van der Waals surface area contributed by atoms with Gasteiger partial charge in [-0.1, -0.05) is 34.6 Å². The van der Waals surface area contributed by atoms with Crippen LogP contribution in [0.5, 0.6) is 0 Å². The molecule has 0 radical (unpaired) electrons. The summed E-state index contributed by atoms with van der Waals surface area (Å²) in [6.07, 6.45) is 2.86. The van der Waals surface area contributed by atoms with Crippen LogP contribution in [0.1, 0.15) is 41.0 Å². The van der Waals surface area contributed by atoms with Gasteiger partial charge < -0.3 is 4.74 Å². The molecule has 1 nitrogen and oxygen atoms in total. The van der Waals surface area contributed by atoms with E-state index in [-0.39, 0.29) is 0 Å². The number of fused-ring (bicyclic) bond motifs is 1. The smallest absolute Gasteiger partial charge is 0.0868 e. The molecule has 2 unspecified atom stereocenters. The summed E-state index contributed by atoms with van der Waals surface area (Å²) in [4.78, 5) is 0. The summed E-state index contributed by atoms with van der Waals surface area (Å²) < 4.78 is 4.81. The van der Waals surface area contributed by atoms with E-state index in [4.69, 9.17) is 4.74 Å². The summed E-state index contributed by atoms with van der Waals surface area (Å²) in [6.45, 7) is 10.5. The molecule has 2 rings (SSSR count). The third-order valence-electron chi connectivity index (χ3n) is 0.949. The minimum Gasteiger partial charge on any atom is -0.369 e. The Morgan fingerprint density at radius 1 is 1.10 bits per heavy atom. The highest BCUT2D eigenvalue weighted by molar-refractivity contribution is 5.03. The summed E-state index contributed by atoms with van der Waals surface area (Å²) in [6, 6.07) is 0. The monoisotopic (exact) mass is 144 g/mol. The van der Waals surface area contributed by atoms with E-state index in [0.717, 1.165) is 18.1 Å². The molecule has 1 saturated carbocycles. The average molecular weight is 144 g/mol. The minimum atomic E-state index is 0.750. The third-order valence-corrected chi connectivity index (χ3v) is 0.949. The molecule has 0 aromatic rings. The zero-order chi connectivity index (χ0) is 8.15. The molecule has 0 spiro atoms. The second kappa shape index (κ2) is 4.73. The van der Waals surface area contributed by atoms with E-state index in [1.54, 1.807) is 0 Å². The molecule has 1 heteroatoms. The maximum atomic E-state index is 4.81. The van der Waals surface area contributed by atoms with Gasteiger partial charge in [-0.2, -0.15) is 0 Å². The van der Waals surface area contributed by atoms with E-state index in [2.05, 4.69) is 20.8 Å². The summed E-state index contributed by atoms with van der Waals surface area (Å²) in [5.41, 5.74) is 0. The van der Waals surface area contributed by atoms with Crippen molar-refractivity contribution in [1.82, 2.24) is 0 Å². The highest BCUT2D eigenvalue weighted by Crippen LogP contribution is 2.45. The first-order chi connectivity index (χ1) is 4.70. The number of rotatable bonds is 0. The average Bonchev–Trinajstić information content (AvgIpc) is 2.49. The predicted molar refractivity (Wildman–Crippen MR) is 45.1 cm³/mol. The van der Waals surface area contributed by atoms with Gasteiger partial charge in [0.1, 0.15) is 0 Å². The molecule has 0 aromatic heterocycles. The van der Waals surface area contributed by atoms with Crippen molar-refractivity contribution in [2.45, 2.75) is 53.2 Å². The van der Waals surface area contributed by atoms with Gasteiger partial charge in [0.05, 0.1) is 12.2 Å². The Balaban J connectivity index is 0.000000131. The largest absolute Gasteiger partial charge is 0.369 e. The van der Waals surface area contributed by atoms with E-state index < -0.39 is 0 Å². The maximum Gasteiger partial charge on any atom is 0.0868 e. The van der Waals surface area contributed by atoms with E-state index in [9.17, 15) is 0 Å². The summed E-state index contributed by atoms with van der Waals surface area (Å²) in [7, 11) is 0. The van der Waals surface area contributed by atoms with Crippen LogP contribution in [-0.4, -0.2) is 12.2 Å². The quantitative estimate of drug-likeness (QED) is 0.476. The summed E-state index contributed by atoms with van der Waals surface area (Å²) >= 11 is 0. The molecule has 0 aromatic carbocycles. The van der Waals surface area contributed by atoms with Crippen LogP contribution >= 0.6 is 0 Å². The van der Waals surface area contributed by atoms with Crippen molar-refractivity contribution in [2.75, 3.05) is 0 Å². The van der Waals surface area contributed by atoms with Gasteiger partial charge in [0.25, 0.3) is 0 Å². The van der Waals surface area contributed by atoms with Gasteiger partial charge in [0.15, 0.2) is 0 Å². The van der Waals surface area contributed by atoms with Gasteiger partial charge in [-0.15, -0.1) is 0 Å². The van der Waals surface area contributed by atoms with Gasteiger partial charge in [-0.3, -0.25) is 0 Å². The Morgan fingerprint density at radius 3 is 1.20 bits per heavy atom. The molecule has 2 fully saturated rings. The minimum absolute atomic E-state index is 0.750. The van der Waals surface area contributed by atoms with Crippen molar-refractivity contribution < 1.29 is 4.74 Å². The molecule has 10 heavy (non-hydrogen) atoms. The van der Waals surface area contributed by atoms with Crippen molar-refractivity contribution >= 4 is 0 Å². The molecular formula is C9H20O. The highest BCUT2D eigenvalue weighted by Gasteiger charge is 2.56. The molecule has 2 atom stereocenters. The van der Waals surface area contributed by atoms with E-state index in [1.165, 1.54) is 6.42 Å². The highest BCUT2D eigenvalue weighted by atomic mass is 16.6. The van der Waals surface area contributed by atoms with Gasteiger partial charge in [-0.05, 0) is 5.92 Å². The van der Waals surface area contributed by atoms with Crippen LogP contribution < -0.4 is 0 Å². The van der Waals surface area contributed by atoms with Crippen LogP contribution in [0.3, 0.4) is 0 Å². The first-order valence-electron chi connectivity index (χ1n) is 4.35. The Labute approximate surface area is 64.8 Å². The molecule has 2 aliphatic rings. The molecule has 0 bridgehead atoms. The zero-order valence-electron chi connectivity index (χ0n) is 7.85. The Bertz CT molecular complexity index is 64.0. The molecule has 1 aliphatic heterocycles. The van der Waals surface area contributed by atoms with Gasteiger partial charge >= 0.3 is 0 Å². The second-order valence-corrected chi connectivity index (χ2v) is 3.18. The number of ether oxygens (including phenoxy) is 1. The lowest BCUT2D eigenvalue weighted by Crippen LogP contribution is -1.66. The first kappa shape index (κ1) is 9.96. The molecule has 1 aliphatic carbocycles. The number of hydrogen-bond donors (Lipinski definition) is 0. The lowest BCUT2D eigenvalue weighted by atomic mass is 10.3. The standard InChI is InChI=1S/C4H10.C3H4O.C2H6/c1-4(2)3;1-2-3(1)4-2;1-2/h4H,1-3H3;2-3H,1H2;1-2H3. The number of hydrogen-bond acceptors (Lipinski definition) is 1. The topological polar surface area (TPSA) is 12.5 Å². The molecule has 0 amide bonds. The maximum absolute atomic E-state index is 4.81. The fraction of sp³-hybridized carbons (Fsp3) is 1.00. The van der Waals surface area contributed by atoms with Crippen LogP contribution in [0.25, 0.3) is 0 Å². The molecule has 1 saturated heterocycles. The van der Waals surface area contributed by atoms with Gasteiger partial charge in [-0.25, -0.2) is 0 Å². The zero-order valence-corrected chi connectivity index (χ0v) is 7.85. The van der Waals surface area contributed by atoms with Crippen molar-refractivity contribution in [2.24, 2.45) is 5.92 Å². The lowest BCUT2D eigenvalue weighted by Gasteiger charge is -1.79. The SMILES string of the molecule is C1C2OC12.CC.CC(C)C. The Hall–Kier alpha value is -0.0400. The Morgan fingerprint density at radius 2 is 1.20 bits per heavy atom. The first-order valence-corrected chi connectivity index (χ1v) is 4.35. The predicted octanol–water partition coefficient (Wildman–Crippen LogP) is 2.85. The fourth-order valence-corrected chi connectivity index (χ4v) is 0.318. The number of epoxide rings is 1. The summed E-state index contributed by atoms with van der Waals surface area (Å²) in [5.74, 6) is 0.833. The van der Waals surface area contributed by atoms with Crippen LogP contribution in [-0.2, 0) is 4.74 Å². The molecular weight excluding hydrogens is 124 g/mol. The van der Waals surface area contributed by atoms with Crippen LogP contribution in [0.2, 0.25) is 0 Å². The van der Waals surface area contributed by atoms with Crippen molar-refractivity contribution in [3.8, 4) is 0 Å². The second-order valence-electron chi connectivity index (χ2n) is 3.18. The lowest BCUT2D eigenvalue weighted by molar-refractivity contribution is 0.295. The van der Waals surface area contributed by atoms with Crippen LogP contribution in [0, 0.1) is 5.92 Å². The normalized spacial score (nSPS) is 30.6. The van der Waals surface area contributed by atoms with Gasteiger partial charge in [0.2, 0.25) is 0 Å². The third kappa shape index (κ3) is 6.09. The summed E-state index contributed by atoms with van der Waals surface area (Å²) in [5, 5.41) is 0. The fourth-order valence-electron chi connectivity index (χ4n) is 0.318. The van der Waals surface area contributed by atoms with Crippen molar-refractivity contribution in [3.05, 3.63) is 0 Å². The molecule has 0 N–H and O–H groups in total. The van der Waals surface area contributed by atoms with E-state index in [0.29, 0.717) is 0 Å². The van der Waals surface area contributed by atoms with Crippen molar-refractivity contribution in [3.63, 3.8) is 0 Å². The molecule has 1 heterocycles. The van der Waals surface area contributed by atoms with Crippen LogP contribution in [0.15, 0.2) is 0 Å². The van der Waals surface area contributed by atoms with Crippen LogP contribution in [0.4, 0.5) is 0 Å².